The Labute approximate surface area is 115 Å². The summed E-state index contributed by atoms with van der Waals surface area (Å²) in [4.78, 5) is 11.4. The zero-order valence-corrected chi connectivity index (χ0v) is 12.1. The molecule has 5 nitrogen and oxygen atoms in total. The Hall–Kier alpha value is -1.36. The fourth-order valence-electron chi connectivity index (χ4n) is 2.54. The van der Waals surface area contributed by atoms with Crippen LogP contribution >= 0.6 is 0 Å². The molecule has 1 aliphatic heterocycles. The third-order valence-corrected chi connectivity index (χ3v) is 3.54. The van der Waals surface area contributed by atoms with Gasteiger partial charge in [0.2, 0.25) is 11.8 Å². The van der Waals surface area contributed by atoms with Crippen molar-refractivity contribution in [1.82, 2.24) is 15.3 Å². The van der Waals surface area contributed by atoms with Crippen LogP contribution in [0.4, 0.5) is 5.95 Å². The van der Waals surface area contributed by atoms with E-state index in [0.717, 1.165) is 31.3 Å². The SMILES string of the molecule is CCNCC1CCCCN1c1nc(C)cc(OC)n1. The van der Waals surface area contributed by atoms with Crippen LogP contribution in [0, 0.1) is 6.92 Å². The third kappa shape index (κ3) is 3.56. The van der Waals surface area contributed by atoms with Crippen molar-refractivity contribution in [3.05, 3.63) is 11.8 Å². The van der Waals surface area contributed by atoms with Crippen molar-refractivity contribution < 1.29 is 4.74 Å². The van der Waals surface area contributed by atoms with Crippen molar-refractivity contribution >= 4 is 5.95 Å². The average molecular weight is 264 g/mol. The number of anilines is 1. The minimum Gasteiger partial charge on any atom is -0.481 e. The maximum Gasteiger partial charge on any atom is 0.229 e. The summed E-state index contributed by atoms with van der Waals surface area (Å²) >= 11 is 0. The van der Waals surface area contributed by atoms with Gasteiger partial charge in [0.15, 0.2) is 0 Å². The number of aryl methyl sites for hydroxylation is 1. The van der Waals surface area contributed by atoms with Gasteiger partial charge in [-0.2, -0.15) is 4.98 Å². The largest absolute Gasteiger partial charge is 0.481 e. The molecule has 1 unspecified atom stereocenters. The summed E-state index contributed by atoms with van der Waals surface area (Å²) in [6.07, 6.45) is 3.70. The fraction of sp³-hybridized carbons (Fsp3) is 0.714. The van der Waals surface area contributed by atoms with E-state index < -0.39 is 0 Å². The molecule has 2 heterocycles. The molecule has 1 aliphatic rings. The topological polar surface area (TPSA) is 50.3 Å². The Morgan fingerprint density at radius 2 is 2.26 bits per heavy atom. The normalized spacial score (nSPS) is 19.5. The van der Waals surface area contributed by atoms with Crippen LogP contribution in [-0.4, -0.2) is 42.8 Å². The number of aromatic nitrogens is 2. The fourth-order valence-corrected chi connectivity index (χ4v) is 2.54. The van der Waals surface area contributed by atoms with Gasteiger partial charge in [-0.05, 0) is 32.7 Å². The highest BCUT2D eigenvalue weighted by Gasteiger charge is 2.24. The number of piperidine rings is 1. The van der Waals surface area contributed by atoms with E-state index in [1.54, 1.807) is 7.11 Å². The molecule has 0 amide bonds. The number of nitrogens with one attached hydrogen (secondary N) is 1. The Kier molecular flexibility index (Phi) is 4.96. The first-order valence-corrected chi connectivity index (χ1v) is 7.11. The van der Waals surface area contributed by atoms with Gasteiger partial charge in [0, 0.05) is 30.9 Å². The monoisotopic (exact) mass is 264 g/mol. The van der Waals surface area contributed by atoms with Gasteiger partial charge in [-0.25, -0.2) is 4.98 Å². The molecule has 1 aromatic heterocycles. The number of rotatable bonds is 5. The minimum absolute atomic E-state index is 0.486. The second kappa shape index (κ2) is 6.70. The number of ether oxygens (including phenoxy) is 1. The zero-order chi connectivity index (χ0) is 13.7. The lowest BCUT2D eigenvalue weighted by Crippen LogP contribution is -2.46. The van der Waals surface area contributed by atoms with Crippen LogP contribution in [0.5, 0.6) is 5.88 Å². The van der Waals surface area contributed by atoms with E-state index in [9.17, 15) is 0 Å². The second-order valence-electron chi connectivity index (χ2n) is 5.00. The molecule has 5 heteroatoms. The number of hydrogen-bond acceptors (Lipinski definition) is 5. The van der Waals surface area contributed by atoms with Crippen LogP contribution in [-0.2, 0) is 0 Å². The van der Waals surface area contributed by atoms with E-state index in [-0.39, 0.29) is 0 Å². The van der Waals surface area contributed by atoms with E-state index in [0.29, 0.717) is 11.9 Å². The van der Waals surface area contributed by atoms with Crippen molar-refractivity contribution in [2.45, 2.75) is 39.2 Å². The van der Waals surface area contributed by atoms with E-state index in [1.807, 2.05) is 13.0 Å². The lowest BCUT2D eigenvalue weighted by Gasteiger charge is -2.36. The maximum atomic E-state index is 5.25. The van der Waals surface area contributed by atoms with Crippen LogP contribution in [0.3, 0.4) is 0 Å². The average Bonchev–Trinajstić information content (AvgIpc) is 2.44. The first-order chi connectivity index (χ1) is 9.24. The second-order valence-corrected chi connectivity index (χ2v) is 5.00. The van der Waals surface area contributed by atoms with Gasteiger partial charge >= 0.3 is 0 Å². The van der Waals surface area contributed by atoms with Crippen molar-refractivity contribution in [3.8, 4) is 5.88 Å². The maximum absolute atomic E-state index is 5.25. The molecule has 1 saturated heterocycles. The number of nitrogens with zero attached hydrogens (tertiary/aromatic N) is 3. The molecule has 0 aliphatic carbocycles. The van der Waals surface area contributed by atoms with Gasteiger partial charge < -0.3 is 15.0 Å². The number of methoxy groups -OCH3 is 1. The molecule has 2 rings (SSSR count). The molecule has 1 aromatic rings. The Morgan fingerprint density at radius 1 is 1.42 bits per heavy atom. The summed E-state index contributed by atoms with van der Waals surface area (Å²) in [6, 6.07) is 2.35. The highest BCUT2D eigenvalue weighted by molar-refractivity contribution is 5.36. The molecule has 0 radical (unpaired) electrons. The highest BCUT2D eigenvalue weighted by atomic mass is 16.5. The summed E-state index contributed by atoms with van der Waals surface area (Å²) in [5.74, 6) is 1.45. The molecular weight excluding hydrogens is 240 g/mol. The van der Waals surface area contributed by atoms with Crippen LogP contribution in [0.1, 0.15) is 31.9 Å². The molecule has 1 atom stereocenters. The van der Waals surface area contributed by atoms with Gasteiger partial charge in [0.1, 0.15) is 0 Å². The first-order valence-electron chi connectivity index (χ1n) is 7.11. The van der Waals surface area contributed by atoms with E-state index >= 15 is 0 Å². The lowest BCUT2D eigenvalue weighted by molar-refractivity contribution is 0.391. The number of hydrogen-bond donors (Lipinski definition) is 1. The highest BCUT2D eigenvalue weighted by Crippen LogP contribution is 2.23. The minimum atomic E-state index is 0.486. The van der Waals surface area contributed by atoms with Crippen LogP contribution in [0.2, 0.25) is 0 Å². The van der Waals surface area contributed by atoms with E-state index in [4.69, 9.17) is 4.74 Å². The Balaban J connectivity index is 2.18. The summed E-state index contributed by atoms with van der Waals surface area (Å²) in [6.45, 7) is 7.15. The summed E-state index contributed by atoms with van der Waals surface area (Å²) in [5, 5.41) is 3.43. The molecule has 0 saturated carbocycles. The van der Waals surface area contributed by atoms with Crippen LogP contribution in [0.15, 0.2) is 6.07 Å². The third-order valence-electron chi connectivity index (χ3n) is 3.54. The molecule has 1 fully saturated rings. The van der Waals surface area contributed by atoms with E-state index in [1.165, 1.54) is 19.3 Å². The first kappa shape index (κ1) is 14.1. The Morgan fingerprint density at radius 3 is 3.00 bits per heavy atom. The molecule has 0 aromatic carbocycles. The van der Waals surface area contributed by atoms with E-state index in [2.05, 4.69) is 27.1 Å². The summed E-state index contributed by atoms with van der Waals surface area (Å²) < 4.78 is 5.25. The standard InChI is InChI=1S/C14H24N4O/c1-4-15-10-12-7-5-6-8-18(12)14-16-11(2)9-13(17-14)19-3/h9,12,15H,4-8,10H2,1-3H3. The predicted molar refractivity (Wildman–Crippen MR) is 76.8 cm³/mol. The Bertz CT molecular complexity index is 410. The smallest absolute Gasteiger partial charge is 0.229 e. The van der Waals surface area contributed by atoms with Gasteiger partial charge in [0.25, 0.3) is 0 Å². The predicted octanol–water partition coefficient (Wildman–Crippen LogP) is 1.76. The molecule has 0 bridgehead atoms. The molecule has 19 heavy (non-hydrogen) atoms. The van der Waals surface area contributed by atoms with Gasteiger partial charge in [-0.3, -0.25) is 0 Å². The lowest BCUT2D eigenvalue weighted by atomic mass is 10.0. The van der Waals surface area contributed by atoms with Gasteiger partial charge in [-0.15, -0.1) is 0 Å². The quantitative estimate of drug-likeness (QED) is 0.878. The molecular formula is C14H24N4O. The molecule has 0 spiro atoms. The van der Waals surface area contributed by atoms with Crippen molar-refractivity contribution in [1.29, 1.82) is 0 Å². The summed E-state index contributed by atoms with van der Waals surface area (Å²) in [7, 11) is 1.65. The zero-order valence-electron chi connectivity index (χ0n) is 12.1. The van der Waals surface area contributed by atoms with Crippen LogP contribution in [0.25, 0.3) is 0 Å². The number of likely N-dealkylation sites (N-methyl/N-ethyl adjacent to an activating group) is 1. The molecule has 1 N–H and O–H groups in total. The van der Waals surface area contributed by atoms with Crippen LogP contribution < -0.4 is 15.0 Å². The summed E-state index contributed by atoms with van der Waals surface area (Å²) in [5.41, 5.74) is 0.953. The molecule has 106 valence electrons. The van der Waals surface area contributed by atoms with Crippen molar-refractivity contribution in [2.75, 3.05) is 31.6 Å². The van der Waals surface area contributed by atoms with Crippen molar-refractivity contribution in [2.24, 2.45) is 0 Å². The van der Waals surface area contributed by atoms with Gasteiger partial charge in [-0.1, -0.05) is 6.92 Å². The van der Waals surface area contributed by atoms with Gasteiger partial charge in [0.05, 0.1) is 7.11 Å². The van der Waals surface area contributed by atoms with Crippen molar-refractivity contribution in [3.63, 3.8) is 0 Å².